The summed E-state index contributed by atoms with van der Waals surface area (Å²) in [6.45, 7) is 3.62. The van der Waals surface area contributed by atoms with E-state index in [1.54, 1.807) is 26.4 Å². The molecule has 0 aliphatic rings. The largest absolute Gasteiger partial charge is 0.337 e. The Hall–Kier alpha value is -1.63. The van der Waals surface area contributed by atoms with Gasteiger partial charge in [0.1, 0.15) is 0 Å². The lowest BCUT2D eigenvalue weighted by Gasteiger charge is -2.25. The van der Waals surface area contributed by atoms with Gasteiger partial charge in [0, 0.05) is 31.7 Å². The van der Waals surface area contributed by atoms with Gasteiger partial charge in [-0.1, -0.05) is 6.92 Å². The minimum absolute atomic E-state index is 0.0350. The maximum Gasteiger partial charge on any atom is 0.317 e. The van der Waals surface area contributed by atoms with Crippen molar-refractivity contribution in [2.45, 2.75) is 19.9 Å². The van der Waals surface area contributed by atoms with Crippen molar-refractivity contribution in [3.05, 3.63) is 30.1 Å². The van der Waals surface area contributed by atoms with Crippen molar-refractivity contribution in [1.82, 2.24) is 15.2 Å². The summed E-state index contributed by atoms with van der Waals surface area (Å²) in [4.78, 5) is 17.4. The fourth-order valence-corrected chi connectivity index (χ4v) is 2.33. The van der Waals surface area contributed by atoms with Crippen LogP contribution in [0.4, 0.5) is 4.79 Å². The highest BCUT2D eigenvalue weighted by atomic mass is 32.2. The Morgan fingerprint density at radius 1 is 1.40 bits per heavy atom. The van der Waals surface area contributed by atoms with Gasteiger partial charge in [-0.25, -0.2) is 13.2 Å². The van der Waals surface area contributed by atoms with Crippen molar-refractivity contribution in [3.8, 4) is 0 Å². The number of carbonyl (C=O) groups is 1. The molecule has 1 aromatic heterocycles. The van der Waals surface area contributed by atoms with Gasteiger partial charge in [0.15, 0.2) is 9.84 Å². The van der Waals surface area contributed by atoms with Gasteiger partial charge in [-0.3, -0.25) is 4.98 Å². The Morgan fingerprint density at radius 2 is 2.00 bits per heavy atom. The zero-order chi connectivity index (χ0) is 15.2. The number of urea groups is 1. The molecule has 112 valence electrons. The number of sulfone groups is 1. The standard InChI is InChI=1S/C13H21N3O3S/c1-4-20(18,19)10-9-15-13(17)16(3)11(2)12-5-7-14-8-6-12/h5-8,11H,4,9-10H2,1-3H3,(H,15,17)/t11-/m0/s1. The van der Waals surface area contributed by atoms with Gasteiger partial charge in [-0.05, 0) is 24.6 Å². The molecule has 6 nitrogen and oxygen atoms in total. The first-order valence-electron chi connectivity index (χ1n) is 6.48. The molecule has 1 heterocycles. The molecule has 0 spiro atoms. The molecule has 7 heteroatoms. The third-order valence-corrected chi connectivity index (χ3v) is 4.92. The molecule has 0 bridgehead atoms. The van der Waals surface area contributed by atoms with E-state index < -0.39 is 9.84 Å². The molecule has 20 heavy (non-hydrogen) atoms. The molecule has 1 rings (SSSR count). The SMILES string of the molecule is CCS(=O)(=O)CCNC(=O)N(C)[C@@H](C)c1ccncc1. The van der Waals surface area contributed by atoms with Gasteiger partial charge in [-0.2, -0.15) is 0 Å². The number of aromatic nitrogens is 1. The molecule has 0 fully saturated rings. The molecular weight excluding hydrogens is 278 g/mol. The summed E-state index contributed by atoms with van der Waals surface area (Å²) >= 11 is 0. The Bertz CT molecular complexity index is 531. The van der Waals surface area contributed by atoms with Crippen LogP contribution in [0.3, 0.4) is 0 Å². The molecule has 1 N–H and O–H groups in total. The summed E-state index contributed by atoms with van der Waals surface area (Å²) in [6, 6.07) is 3.29. The molecular formula is C13H21N3O3S. The first-order valence-corrected chi connectivity index (χ1v) is 8.30. The molecule has 0 unspecified atom stereocenters. The van der Waals surface area contributed by atoms with E-state index in [0.29, 0.717) is 0 Å². The Kier molecular flexibility index (Phi) is 5.94. The number of hydrogen-bond donors (Lipinski definition) is 1. The van der Waals surface area contributed by atoms with Gasteiger partial charge < -0.3 is 10.2 Å². The lowest BCUT2D eigenvalue weighted by atomic mass is 10.1. The van der Waals surface area contributed by atoms with E-state index in [0.717, 1.165) is 5.56 Å². The normalized spacial score (nSPS) is 12.8. The predicted octanol–water partition coefficient (Wildman–Crippen LogP) is 1.22. The molecule has 0 saturated carbocycles. The predicted molar refractivity (Wildman–Crippen MR) is 78.1 cm³/mol. The monoisotopic (exact) mass is 299 g/mol. The highest BCUT2D eigenvalue weighted by molar-refractivity contribution is 7.91. The summed E-state index contributed by atoms with van der Waals surface area (Å²) in [6.07, 6.45) is 3.34. The number of nitrogens with zero attached hydrogens (tertiary/aromatic N) is 2. The summed E-state index contributed by atoms with van der Waals surface area (Å²) in [5.74, 6) is 0.0544. The average Bonchev–Trinajstić information content (AvgIpc) is 2.46. The van der Waals surface area contributed by atoms with Crippen molar-refractivity contribution in [2.24, 2.45) is 0 Å². The fourth-order valence-electron chi connectivity index (χ4n) is 1.62. The van der Waals surface area contributed by atoms with E-state index in [2.05, 4.69) is 10.3 Å². The van der Waals surface area contributed by atoms with E-state index in [1.807, 2.05) is 19.1 Å². The van der Waals surface area contributed by atoms with Crippen LogP contribution in [-0.2, 0) is 9.84 Å². The smallest absolute Gasteiger partial charge is 0.317 e. The quantitative estimate of drug-likeness (QED) is 0.856. The van der Waals surface area contributed by atoms with E-state index in [4.69, 9.17) is 0 Å². The lowest BCUT2D eigenvalue weighted by molar-refractivity contribution is 0.195. The van der Waals surface area contributed by atoms with Crippen molar-refractivity contribution >= 4 is 15.9 Å². The Labute approximate surface area is 120 Å². The van der Waals surface area contributed by atoms with Crippen LogP contribution in [0.2, 0.25) is 0 Å². The van der Waals surface area contributed by atoms with E-state index in [-0.39, 0.29) is 30.1 Å². The lowest BCUT2D eigenvalue weighted by Crippen LogP contribution is -2.40. The van der Waals surface area contributed by atoms with Crippen LogP contribution in [-0.4, -0.2) is 49.4 Å². The molecule has 0 aliphatic heterocycles. The average molecular weight is 299 g/mol. The van der Waals surface area contributed by atoms with E-state index >= 15 is 0 Å². The molecule has 0 aliphatic carbocycles. The van der Waals surface area contributed by atoms with Gasteiger partial charge >= 0.3 is 6.03 Å². The van der Waals surface area contributed by atoms with Crippen molar-refractivity contribution in [1.29, 1.82) is 0 Å². The van der Waals surface area contributed by atoms with Crippen LogP contribution in [0.15, 0.2) is 24.5 Å². The number of pyridine rings is 1. The summed E-state index contributed by atoms with van der Waals surface area (Å²) in [5.41, 5.74) is 0.971. The number of hydrogen-bond acceptors (Lipinski definition) is 4. The third-order valence-electron chi connectivity index (χ3n) is 3.22. The van der Waals surface area contributed by atoms with Gasteiger partial charge in [0.25, 0.3) is 0 Å². The zero-order valence-electron chi connectivity index (χ0n) is 12.0. The first kappa shape index (κ1) is 16.4. The Balaban J connectivity index is 2.51. The second-order valence-corrected chi connectivity index (χ2v) is 7.01. The second-order valence-electron chi connectivity index (χ2n) is 4.54. The minimum atomic E-state index is -3.05. The molecule has 1 atom stereocenters. The van der Waals surface area contributed by atoms with Gasteiger partial charge in [0.05, 0.1) is 11.8 Å². The summed E-state index contributed by atoms with van der Waals surface area (Å²) in [5, 5.41) is 2.62. The zero-order valence-corrected chi connectivity index (χ0v) is 12.9. The molecule has 0 aromatic carbocycles. The van der Waals surface area contributed by atoms with E-state index in [9.17, 15) is 13.2 Å². The maximum atomic E-state index is 11.9. The topological polar surface area (TPSA) is 79.4 Å². The van der Waals surface area contributed by atoms with Crippen molar-refractivity contribution in [3.63, 3.8) is 0 Å². The van der Waals surface area contributed by atoms with Crippen LogP contribution < -0.4 is 5.32 Å². The molecule has 0 radical (unpaired) electrons. The van der Waals surface area contributed by atoms with Gasteiger partial charge in [0.2, 0.25) is 0 Å². The van der Waals surface area contributed by atoms with Crippen LogP contribution in [0, 0.1) is 0 Å². The minimum Gasteiger partial charge on any atom is -0.337 e. The van der Waals surface area contributed by atoms with Crippen LogP contribution in [0.1, 0.15) is 25.5 Å². The molecule has 2 amide bonds. The molecule has 0 saturated heterocycles. The van der Waals surface area contributed by atoms with Crippen LogP contribution >= 0.6 is 0 Å². The maximum absolute atomic E-state index is 11.9. The van der Waals surface area contributed by atoms with Gasteiger partial charge in [-0.15, -0.1) is 0 Å². The van der Waals surface area contributed by atoms with Crippen LogP contribution in [0.5, 0.6) is 0 Å². The number of amides is 2. The summed E-state index contributed by atoms with van der Waals surface area (Å²) in [7, 11) is -1.38. The highest BCUT2D eigenvalue weighted by Gasteiger charge is 2.17. The van der Waals surface area contributed by atoms with Crippen LogP contribution in [0.25, 0.3) is 0 Å². The van der Waals surface area contributed by atoms with E-state index in [1.165, 1.54) is 4.90 Å². The Morgan fingerprint density at radius 3 is 2.55 bits per heavy atom. The van der Waals surface area contributed by atoms with Crippen molar-refractivity contribution in [2.75, 3.05) is 25.1 Å². The first-order chi connectivity index (χ1) is 9.37. The molecule has 1 aromatic rings. The highest BCUT2D eigenvalue weighted by Crippen LogP contribution is 2.17. The fraction of sp³-hybridized carbons (Fsp3) is 0.538. The number of nitrogens with one attached hydrogen (secondary N) is 1. The number of rotatable bonds is 6. The second kappa shape index (κ2) is 7.23. The number of carbonyl (C=O) groups excluding carboxylic acids is 1. The summed E-state index contributed by atoms with van der Waals surface area (Å²) < 4.78 is 22.7. The third kappa shape index (κ3) is 4.80. The van der Waals surface area contributed by atoms with Crippen molar-refractivity contribution < 1.29 is 13.2 Å².